The zero-order valence-corrected chi connectivity index (χ0v) is 15.0. The predicted molar refractivity (Wildman–Crippen MR) is 99.4 cm³/mol. The fourth-order valence-corrected chi connectivity index (χ4v) is 3.52. The van der Waals surface area contributed by atoms with E-state index in [1.165, 1.54) is 22.3 Å². The van der Waals surface area contributed by atoms with Crippen molar-refractivity contribution in [3.8, 4) is 0 Å². The number of anilines is 1. The second-order valence-corrected chi connectivity index (χ2v) is 7.33. The lowest BCUT2D eigenvalue weighted by molar-refractivity contribution is -0.125. The molecular formula is C17H15N3O3S2. The van der Waals surface area contributed by atoms with Gasteiger partial charge in [-0.05, 0) is 30.7 Å². The van der Waals surface area contributed by atoms with Crippen LogP contribution in [0.3, 0.4) is 0 Å². The number of thioether (sulfide) groups is 1. The lowest BCUT2D eigenvalue weighted by Gasteiger charge is -2.13. The first kappa shape index (κ1) is 17.4. The largest absolute Gasteiger partial charge is 0.323 e. The summed E-state index contributed by atoms with van der Waals surface area (Å²) in [7, 11) is 0. The molecule has 8 heteroatoms. The smallest absolute Gasteiger partial charge is 0.289 e. The first-order chi connectivity index (χ1) is 12.0. The van der Waals surface area contributed by atoms with Crippen molar-refractivity contribution in [1.82, 2.24) is 9.88 Å². The molecule has 1 aromatic carbocycles. The molecule has 0 spiro atoms. The number of amides is 3. The number of hydrogen-bond donors (Lipinski definition) is 1. The number of imide groups is 1. The van der Waals surface area contributed by atoms with Crippen molar-refractivity contribution >= 4 is 51.9 Å². The van der Waals surface area contributed by atoms with Crippen LogP contribution in [-0.4, -0.2) is 32.7 Å². The molecule has 0 atom stereocenters. The summed E-state index contributed by atoms with van der Waals surface area (Å²) in [6.45, 7) is 2.16. The molecule has 0 saturated carbocycles. The van der Waals surface area contributed by atoms with Crippen LogP contribution in [0.2, 0.25) is 0 Å². The summed E-state index contributed by atoms with van der Waals surface area (Å²) in [5, 5.41) is 5.37. The number of rotatable bonds is 5. The van der Waals surface area contributed by atoms with E-state index in [9.17, 15) is 14.4 Å². The fourth-order valence-electron chi connectivity index (χ4n) is 2.21. The Morgan fingerprint density at radius 2 is 2.08 bits per heavy atom. The van der Waals surface area contributed by atoms with Crippen molar-refractivity contribution in [3.63, 3.8) is 0 Å². The van der Waals surface area contributed by atoms with Gasteiger partial charge in [-0.3, -0.25) is 19.3 Å². The van der Waals surface area contributed by atoms with E-state index in [1.807, 2.05) is 12.3 Å². The maximum atomic E-state index is 11.9. The van der Waals surface area contributed by atoms with Crippen LogP contribution in [0.5, 0.6) is 0 Å². The van der Waals surface area contributed by atoms with E-state index in [4.69, 9.17) is 0 Å². The number of thiazole rings is 1. The SMILES string of the molecule is Cc1nc(/C=C/C(=O)Nc2ccc(CN3C(=O)CSC3=O)cc2)cs1. The summed E-state index contributed by atoms with van der Waals surface area (Å²) in [6.07, 6.45) is 3.09. The molecule has 1 aromatic heterocycles. The van der Waals surface area contributed by atoms with Gasteiger partial charge in [-0.25, -0.2) is 4.98 Å². The maximum Gasteiger partial charge on any atom is 0.289 e. The highest BCUT2D eigenvalue weighted by Gasteiger charge is 2.29. The van der Waals surface area contributed by atoms with Gasteiger partial charge in [0.25, 0.3) is 5.24 Å². The first-order valence-corrected chi connectivity index (χ1v) is 9.35. The van der Waals surface area contributed by atoms with Crippen molar-refractivity contribution in [1.29, 1.82) is 0 Å². The molecule has 25 heavy (non-hydrogen) atoms. The van der Waals surface area contributed by atoms with Gasteiger partial charge in [-0.2, -0.15) is 0 Å². The van der Waals surface area contributed by atoms with Crippen molar-refractivity contribution < 1.29 is 14.4 Å². The minimum atomic E-state index is -0.250. The summed E-state index contributed by atoms with van der Waals surface area (Å²) >= 11 is 2.55. The molecule has 3 amide bonds. The molecule has 0 unspecified atom stereocenters. The number of benzene rings is 1. The topological polar surface area (TPSA) is 79.4 Å². The van der Waals surface area contributed by atoms with Crippen LogP contribution in [0, 0.1) is 6.92 Å². The van der Waals surface area contributed by atoms with Gasteiger partial charge >= 0.3 is 0 Å². The highest BCUT2D eigenvalue weighted by Crippen LogP contribution is 2.21. The number of carbonyl (C=O) groups excluding carboxylic acids is 3. The molecule has 1 N–H and O–H groups in total. The Kier molecular flexibility index (Phi) is 5.30. The summed E-state index contributed by atoms with van der Waals surface area (Å²) < 4.78 is 0. The zero-order valence-electron chi connectivity index (χ0n) is 13.4. The number of nitrogens with one attached hydrogen (secondary N) is 1. The molecule has 1 fully saturated rings. The number of aromatic nitrogens is 1. The normalized spacial score (nSPS) is 14.5. The van der Waals surface area contributed by atoms with E-state index < -0.39 is 0 Å². The number of hydrogen-bond acceptors (Lipinski definition) is 6. The molecule has 1 aliphatic heterocycles. The van der Waals surface area contributed by atoms with Gasteiger partial charge in [0.1, 0.15) is 0 Å². The predicted octanol–water partition coefficient (Wildman–Crippen LogP) is 3.30. The third-order valence-electron chi connectivity index (χ3n) is 3.44. The molecule has 0 aliphatic carbocycles. The Labute approximate surface area is 152 Å². The number of nitrogens with zero attached hydrogens (tertiary/aromatic N) is 2. The third kappa shape index (κ3) is 4.55. The van der Waals surface area contributed by atoms with Crippen LogP contribution >= 0.6 is 23.1 Å². The van der Waals surface area contributed by atoms with E-state index in [0.29, 0.717) is 5.69 Å². The second-order valence-electron chi connectivity index (χ2n) is 5.35. The minimum Gasteiger partial charge on any atom is -0.323 e. The van der Waals surface area contributed by atoms with Crippen LogP contribution in [-0.2, 0) is 16.1 Å². The Bertz CT molecular complexity index is 827. The van der Waals surface area contributed by atoms with Crippen LogP contribution < -0.4 is 5.32 Å². The molecule has 2 heterocycles. The van der Waals surface area contributed by atoms with Gasteiger partial charge in [-0.1, -0.05) is 23.9 Å². The molecule has 2 aromatic rings. The van der Waals surface area contributed by atoms with Gasteiger partial charge in [0.2, 0.25) is 11.8 Å². The lowest BCUT2D eigenvalue weighted by Crippen LogP contribution is -2.27. The number of aryl methyl sites for hydroxylation is 1. The van der Waals surface area contributed by atoms with E-state index in [0.717, 1.165) is 28.0 Å². The molecule has 1 aliphatic rings. The highest BCUT2D eigenvalue weighted by molar-refractivity contribution is 8.14. The quantitative estimate of drug-likeness (QED) is 0.814. The molecule has 0 bridgehead atoms. The van der Waals surface area contributed by atoms with Gasteiger partial charge in [-0.15, -0.1) is 11.3 Å². The molecule has 128 valence electrons. The lowest BCUT2D eigenvalue weighted by atomic mass is 10.2. The Hall–Kier alpha value is -2.45. The first-order valence-electron chi connectivity index (χ1n) is 7.48. The monoisotopic (exact) mass is 373 g/mol. The number of carbonyl (C=O) groups is 3. The van der Waals surface area contributed by atoms with E-state index in [2.05, 4.69) is 10.3 Å². The van der Waals surface area contributed by atoms with Crippen molar-refractivity contribution in [2.45, 2.75) is 13.5 Å². The second kappa shape index (κ2) is 7.62. The summed E-state index contributed by atoms with van der Waals surface area (Å²) in [6, 6.07) is 7.05. The molecule has 6 nitrogen and oxygen atoms in total. The van der Waals surface area contributed by atoms with Crippen molar-refractivity contribution in [3.05, 3.63) is 52.0 Å². The molecule has 3 rings (SSSR count). The van der Waals surface area contributed by atoms with Gasteiger partial charge in [0.15, 0.2) is 0 Å². The van der Waals surface area contributed by atoms with Gasteiger partial charge < -0.3 is 5.32 Å². The molecule has 1 saturated heterocycles. The Morgan fingerprint density at radius 1 is 1.32 bits per heavy atom. The highest BCUT2D eigenvalue weighted by atomic mass is 32.2. The average Bonchev–Trinajstić information content (AvgIpc) is 3.15. The molecule has 0 radical (unpaired) electrons. The van der Waals surface area contributed by atoms with Gasteiger partial charge in [0.05, 0.1) is 23.0 Å². The fraction of sp³-hybridized carbons (Fsp3) is 0.176. The van der Waals surface area contributed by atoms with E-state index in [-0.39, 0.29) is 29.4 Å². The van der Waals surface area contributed by atoms with Crippen LogP contribution in [0.25, 0.3) is 6.08 Å². The van der Waals surface area contributed by atoms with E-state index >= 15 is 0 Å². The minimum absolute atomic E-state index is 0.171. The van der Waals surface area contributed by atoms with Crippen LogP contribution in [0.1, 0.15) is 16.3 Å². The summed E-state index contributed by atoms with van der Waals surface area (Å²) in [5.74, 6) is -0.216. The van der Waals surface area contributed by atoms with Gasteiger partial charge in [0, 0.05) is 17.1 Å². The standard InChI is InChI=1S/C17H15N3O3S2/c1-11-18-14(9-24-11)6-7-15(21)19-13-4-2-12(3-5-13)8-20-16(22)10-25-17(20)23/h2-7,9H,8,10H2,1H3,(H,19,21)/b7-6+. The summed E-state index contributed by atoms with van der Waals surface area (Å²) in [4.78, 5) is 40.6. The van der Waals surface area contributed by atoms with E-state index in [1.54, 1.807) is 30.3 Å². The Balaban J connectivity index is 1.57. The summed E-state index contributed by atoms with van der Waals surface area (Å²) in [5.41, 5.74) is 2.22. The van der Waals surface area contributed by atoms with Crippen molar-refractivity contribution in [2.75, 3.05) is 11.1 Å². The van der Waals surface area contributed by atoms with Crippen molar-refractivity contribution in [2.24, 2.45) is 0 Å². The van der Waals surface area contributed by atoms with Crippen LogP contribution in [0.15, 0.2) is 35.7 Å². The average molecular weight is 373 g/mol. The molecular weight excluding hydrogens is 358 g/mol. The Morgan fingerprint density at radius 3 is 2.68 bits per heavy atom. The van der Waals surface area contributed by atoms with Crippen LogP contribution in [0.4, 0.5) is 10.5 Å². The zero-order chi connectivity index (χ0) is 17.8. The maximum absolute atomic E-state index is 11.9. The third-order valence-corrected chi connectivity index (χ3v) is 5.10.